The van der Waals surface area contributed by atoms with Crippen molar-refractivity contribution in [3.8, 4) is 5.75 Å². The number of thioether (sulfide) groups is 1. The number of hydrogen-bond acceptors (Lipinski definition) is 2. The summed E-state index contributed by atoms with van der Waals surface area (Å²) in [5, 5.41) is 1.25. The van der Waals surface area contributed by atoms with Crippen molar-refractivity contribution in [3.05, 3.63) is 60.3 Å². The van der Waals surface area contributed by atoms with Crippen LogP contribution in [0.2, 0.25) is 0 Å². The molecule has 0 saturated carbocycles. The fourth-order valence-electron chi connectivity index (χ4n) is 3.23. The lowest BCUT2D eigenvalue weighted by molar-refractivity contribution is 0.156. The third-order valence-electron chi connectivity index (χ3n) is 4.45. The molecule has 1 aromatic heterocycles. The van der Waals surface area contributed by atoms with Gasteiger partial charge in [-0.05, 0) is 36.1 Å². The maximum absolute atomic E-state index is 6.49. The Balaban J connectivity index is 1.74. The van der Waals surface area contributed by atoms with Crippen LogP contribution in [0.3, 0.4) is 0 Å². The van der Waals surface area contributed by atoms with Crippen molar-refractivity contribution >= 4 is 22.7 Å². The van der Waals surface area contributed by atoms with Crippen LogP contribution in [0.25, 0.3) is 10.9 Å². The summed E-state index contributed by atoms with van der Waals surface area (Å²) in [6.45, 7) is 2.24. The van der Waals surface area contributed by atoms with Gasteiger partial charge in [-0.2, -0.15) is 0 Å². The van der Waals surface area contributed by atoms with E-state index in [-0.39, 0.29) is 4.93 Å². The van der Waals surface area contributed by atoms with E-state index in [1.165, 1.54) is 40.8 Å². The number of H-pyrrole nitrogens is 1. The second-order valence-electron chi connectivity index (χ2n) is 6.13. The van der Waals surface area contributed by atoms with E-state index in [1.54, 1.807) is 0 Å². The van der Waals surface area contributed by atoms with Gasteiger partial charge in [0.1, 0.15) is 5.75 Å². The van der Waals surface area contributed by atoms with Gasteiger partial charge in [-0.3, -0.25) is 0 Å². The summed E-state index contributed by atoms with van der Waals surface area (Å²) >= 11 is 1.85. The average molecular weight is 323 g/mol. The predicted molar refractivity (Wildman–Crippen MR) is 97.0 cm³/mol. The number of aromatic nitrogens is 1. The van der Waals surface area contributed by atoms with Crippen LogP contribution in [0.4, 0.5) is 0 Å². The Hall–Kier alpha value is -1.87. The topological polar surface area (TPSA) is 25.0 Å². The van der Waals surface area contributed by atoms with Gasteiger partial charge in [-0.1, -0.05) is 61.9 Å². The molecule has 0 spiro atoms. The molecular formula is C20H21NOS. The van der Waals surface area contributed by atoms with Gasteiger partial charge in [0.2, 0.25) is 0 Å². The molecule has 23 heavy (non-hydrogen) atoms. The highest BCUT2D eigenvalue weighted by molar-refractivity contribution is 8.00. The highest BCUT2D eigenvalue weighted by Crippen LogP contribution is 2.55. The molecule has 0 radical (unpaired) electrons. The van der Waals surface area contributed by atoms with Crippen LogP contribution in [0.1, 0.15) is 38.3 Å². The van der Waals surface area contributed by atoms with E-state index in [4.69, 9.17) is 4.74 Å². The van der Waals surface area contributed by atoms with E-state index in [2.05, 4.69) is 60.4 Å². The zero-order valence-electron chi connectivity index (χ0n) is 13.3. The maximum atomic E-state index is 6.49. The quantitative estimate of drug-likeness (QED) is 0.575. The number of ether oxygens (including phenoxy) is 1. The van der Waals surface area contributed by atoms with Crippen molar-refractivity contribution in [2.75, 3.05) is 0 Å². The summed E-state index contributed by atoms with van der Waals surface area (Å²) in [6, 6.07) is 19.1. The van der Waals surface area contributed by atoms with E-state index >= 15 is 0 Å². The molecule has 1 aliphatic rings. The van der Waals surface area contributed by atoms with E-state index in [0.717, 1.165) is 12.2 Å². The molecule has 0 aliphatic carbocycles. The number of benzene rings is 2. The molecule has 2 nitrogen and oxygen atoms in total. The lowest BCUT2D eigenvalue weighted by atomic mass is 10.1. The maximum Gasteiger partial charge on any atom is 0.199 e. The molecule has 3 heteroatoms. The summed E-state index contributed by atoms with van der Waals surface area (Å²) in [6.07, 6.45) is 4.66. The number of rotatable bonds is 5. The molecule has 0 bridgehead atoms. The number of aromatic amines is 1. The van der Waals surface area contributed by atoms with Gasteiger partial charge >= 0.3 is 0 Å². The number of hydrogen-bond donors (Lipinski definition) is 1. The van der Waals surface area contributed by atoms with Crippen LogP contribution < -0.4 is 4.74 Å². The van der Waals surface area contributed by atoms with Gasteiger partial charge in [0.25, 0.3) is 0 Å². The number of nitrogens with one attached hydrogen (secondary N) is 1. The summed E-state index contributed by atoms with van der Waals surface area (Å²) in [4.78, 5) is 4.51. The first-order chi connectivity index (χ1) is 11.3. The molecule has 118 valence electrons. The Bertz CT molecular complexity index is 765. The zero-order valence-corrected chi connectivity index (χ0v) is 14.2. The molecule has 0 saturated heterocycles. The third-order valence-corrected chi connectivity index (χ3v) is 5.84. The van der Waals surface area contributed by atoms with Crippen molar-refractivity contribution in [1.29, 1.82) is 0 Å². The third kappa shape index (κ3) is 2.63. The second-order valence-corrected chi connectivity index (χ2v) is 7.43. The van der Waals surface area contributed by atoms with Crippen LogP contribution in [-0.2, 0) is 4.93 Å². The standard InChI is InChI=1S/C20H21NOS/c1-2-3-8-13-20(22-17-11-6-7-12-18(17)23-20)19-14-15-9-4-5-10-16(15)21-19/h4-7,9-12,14,21H,2-3,8,13H2,1H3. The fraction of sp³-hybridized carbons (Fsp3) is 0.300. The van der Waals surface area contributed by atoms with Crippen LogP contribution in [0.15, 0.2) is 59.5 Å². The minimum atomic E-state index is -0.322. The molecule has 1 N–H and O–H groups in total. The summed E-state index contributed by atoms with van der Waals surface area (Å²) < 4.78 is 6.49. The summed E-state index contributed by atoms with van der Waals surface area (Å²) in [7, 11) is 0. The molecular weight excluding hydrogens is 302 g/mol. The van der Waals surface area contributed by atoms with Crippen molar-refractivity contribution < 1.29 is 4.74 Å². The molecule has 1 aliphatic heterocycles. The molecule has 1 atom stereocenters. The van der Waals surface area contributed by atoms with E-state index in [0.29, 0.717) is 0 Å². The average Bonchev–Trinajstić information content (AvgIpc) is 3.17. The summed E-state index contributed by atoms with van der Waals surface area (Å²) in [5.74, 6) is 1.01. The van der Waals surface area contributed by atoms with Crippen LogP contribution in [0, 0.1) is 0 Å². The number of para-hydroxylation sites is 2. The predicted octanol–water partition coefficient (Wildman–Crippen LogP) is 6.09. The molecule has 1 unspecified atom stereocenters. The number of fused-ring (bicyclic) bond motifs is 2. The normalized spacial score (nSPS) is 19.7. The molecule has 2 aromatic carbocycles. The van der Waals surface area contributed by atoms with Crippen LogP contribution in [-0.4, -0.2) is 4.98 Å². The van der Waals surface area contributed by atoms with Gasteiger partial charge in [-0.15, -0.1) is 0 Å². The Morgan fingerprint density at radius 1 is 1.04 bits per heavy atom. The molecule has 2 heterocycles. The lowest BCUT2D eigenvalue weighted by Crippen LogP contribution is -2.26. The van der Waals surface area contributed by atoms with Gasteiger partial charge < -0.3 is 9.72 Å². The molecule has 3 aromatic rings. The minimum absolute atomic E-state index is 0.322. The minimum Gasteiger partial charge on any atom is -0.469 e. The smallest absolute Gasteiger partial charge is 0.199 e. The second kappa shape index (κ2) is 5.97. The first-order valence-electron chi connectivity index (χ1n) is 8.36. The largest absolute Gasteiger partial charge is 0.469 e. The van der Waals surface area contributed by atoms with Crippen molar-refractivity contribution in [3.63, 3.8) is 0 Å². The first kappa shape index (κ1) is 14.7. The Morgan fingerprint density at radius 3 is 2.70 bits per heavy atom. The van der Waals surface area contributed by atoms with Crippen molar-refractivity contribution in [1.82, 2.24) is 4.98 Å². The lowest BCUT2D eigenvalue weighted by Gasteiger charge is -2.27. The number of unbranched alkanes of at least 4 members (excludes halogenated alkanes) is 2. The van der Waals surface area contributed by atoms with Gasteiger partial charge in [0, 0.05) is 11.9 Å². The van der Waals surface area contributed by atoms with Crippen molar-refractivity contribution in [2.24, 2.45) is 0 Å². The molecule has 4 rings (SSSR count). The Morgan fingerprint density at radius 2 is 1.87 bits per heavy atom. The monoisotopic (exact) mass is 323 g/mol. The SMILES string of the molecule is CCCCCC1(c2cc3ccccc3[nH]2)Oc2ccccc2S1. The summed E-state index contributed by atoms with van der Waals surface area (Å²) in [5.41, 5.74) is 2.36. The highest BCUT2D eigenvalue weighted by Gasteiger charge is 2.42. The van der Waals surface area contributed by atoms with Gasteiger partial charge in [-0.25, -0.2) is 0 Å². The first-order valence-corrected chi connectivity index (χ1v) is 9.18. The highest BCUT2D eigenvalue weighted by atomic mass is 32.2. The van der Waals surface area contributed by atoms with Gasteiger partial charge in [0.15, 0.2) is 4.93 Å². The molecule has 0 fully saturated rings. The van der Waals surface area contributed by atoms with E-state index in [1.807, 2.05) is 17.8 Å². The van der Waals surface area contributed by atoms with E-state index < -0.39 is 0 Å². The van der Waals surface area contributed by atoms with Crippen molar-refractivity contribution in [2.45, 2.75) is 42.4 Å². The van der Waals surface area contributed by atoms with E-state index in [9.17, 15) is 0 Å². The van der Waals surface area contributed by atoms with Crippen LogP contribution in [0.5, 0.6) is 5.75 Å². The molecule has 0 amide bonds. The Labute approximate surface area is 141 Å². The zero-order chi connectivity index (χ0) is 15.7. The Kier molecular flexibility index (Phi) is 3.82. The fourth-order valence-corrected chi connectivity index (χ4v) is 4.54. The van der Waals surface area contributed by atoms with Crippen LogP contribution >= 0.6 is 11.8 Å². The van der Waals surface area contributed by atoms with Gasteiger partial charge in [0.05, 0.1) is 10.6 Å².